The topological polar surface area (TPSA) is 55.2 Å². The van der Waals surface area contributed by atoms with E-state index in [1.807, 2.05) is 31.3 Å². The number of nitrogens with zero attached hydrogens (tertiary/aromatic N) is 2. The van der Waals surface area contributed by atoms with Gasteiger partial charge >= 0.3 is 0 Å². The zero-order valence-electron chi connectivity index (χ0n) is 21.5. The molecule has 1 amide bonds. The number of hydrogen-bond donors (Lipinski definition) is 0. The molecule has 2 aromatic carbocycles. The van der Waals surface area contributed by atoms with E-state index in [-0.39, 0.29) is 23.7 Å². The molecule has 1 aliphatic heterocycles. The van der Waals surface area contributed by atoms with E-state index in [9.17, 15) is 9.18 Å². The lowest BCUT2D eigenvalue weighted by atomic mass is 9.84. The van der Waals surface area contributed by atoms with E-state index in [1.165, 1.54) is 12.3 Å². The van der Waals surface area contributed by atoms with Gasteiger partial charge in [0.15, 0.2) is 11.5 Å². The van der Waals surface area contributed by atoms with Crippen LogP contribution in [0.4, 0.5) is 4.39 Å². The summed E-state index contributed by atoms with van der Waals surface area (Å²) in [5, 5.41) is 0. The maximum Gasteiger partial charge on any atom is 0.257 e. The van der Waals surface area contributed by atoms with Gasteiger partial charge in [-0.05, 0) is 80.6 Å². The molecule has 0 N–H and O–H groups in total. The van der Waals surface area contributed by atoms with Crippen LogP contribution < -0.4 is 9.47 Å². The van der Waals surface area contributed by atoms with Gasteiger partial charge in [0, 0.05) is 19.6 Å². The Morgan fingerprint density at radius 2 is 1.83 bits per heavy atom. The van der Waals surface area contributed by atoms with Gasteiger partial charge in [0.25, 0.3) is 5.91 Å². The van der Waals surface area contributed by atoms with Crippen molar-refractivity contribution in [1.29, 1.82) is 0 Å². The molecular weight excluding hydrogens is 459 g/mol. The number of piperidine rings is 1. The highest BCUT2D eigenvalue weighted by Crippen LogP contribution is 2.31. The first-order valence-corrected chi connectivity index (χ1v) is 12.4. The number of likely N-dealkylation sites (N-methyl/N-ethyl adjacent to an activating group) is 1. The first-order valence-electron chi connectivity index (χ1n) is 12.4. The number of halogens is 1. The Morgan fingerprint density at radius 1 is 1.11 bits per heavy atom. The van der Waals surface area contributed by atoms with Crippen LogP contribution in [0.2, 0.25) is 0 Å². The number of furan rings is 1. The van der Waals surface area contributed by atoms with Crippen molar-refractivity contribution in [3.05, 3.63) is 83.1 Å². The molecule has 1 aromatic heterocycles. The Kier molecular flexibility index (Phi) is 8.31. The molecule has 6 nitrogen and oxygen atoms in total. The Morgan fingerprint density at radius 3 is 2.47 bits per heavy atom. The molecule has 0 bridgehead atoms. The van der Waals surface area contributed by atoms with Crippen molar-refractivity contribution in [3.8, 4) is 11.5 Å². The van der Waals surface area contributed by atoms with E-state index in [0.717, 1.165) is 49.5 Å². The Hall–Kier alpha value is -3.32. The number of methoxy groups -OCH3 is 2. The van der Waals surface area contributed by atoms with Crippen molar-refractivity contribution in [2.75, 3.05) is 34.4 Å². The summed E-state index contributed by atoms with van der Waals surface area (Å²) in [7, 11) is 5.11. The van der Waals surface area contributed by atoms with Gasteiger partial charge in [-0.3, -0.25) is 9.69 Å². The summed E-state index contributed by atoms with van der Waals surface area (Å²) in [6, 6.07) is 14.5. The minimum absolute atomic E-state index is 0.0876. The van der Waals surface area contributed by atoms with E-state index in [0.29, 0.717) is 23.3 Å². The minimum Gasteiger partial charge on any atom is -0.493 e. The van der Waals surface area contributed by atoms with Crippen molar-refractivity contribution < 1.29 is 23.1 Å². The molecule has 1 fully saturated rings. The van der Waals surface area contributed by atoms with E-state index in [4.69, 9.17) is 13.9 Å². The summed E-state index contributed by atoms with van der Waals surface area (Å²) in [4.78, 5) is 17.6. The van der Waals surface area contributed by atoms with E-state index in [2.05, 4.69) is 11.0 Å². The van der Waals surface area contributed by atoms with E-state index in [1.54, 1.807) is 38.2 Å². The number of carbonyl (C=O) groups is 1. The quantitative estimate of drug-likeness (QED) is 0.402. The molecule has 36 heavy (non-hydrogen) atoms. The maximum absolute atomic E-state index is 14.6. The van der Waals surface area contributed by atoms with Crippen LogP contribution >= 0.6 is 0 Å². The third-order valence-electron chi connectivity index (χ3n) is 7.32. The molecule has 0 unspecified atom stereocenters. The Balaban J connectivity index is 1.47. The van der Waals surface area contributed by atoms with Gasteiger partial charge in [-0.1, -0.05) is 24.3 Å². The van der Waals surface area contributed by atoms with Crippen molar-refractivity contribution in [2.24, 2.45) is 5.92 Å². The molecule has 1 saturated heterocycles. The lowest BCUT2D eigenvalue weighted by Crippen LogP contribution is -2.47. The monoisotopic (exact) mass is 494 g/mol. The smallest absolute Gasteiger partial charge is 0.257 e. The van der Waals surface area contributed by atoms with Crippen LogP contribution in [0.1, 0.15) is 40.1 Å². The van der Waals surface area contributed by atoms with Crippen LogP contribution in [-0.4, -0.2) is 56.1 Å². The van der Waals surface area contributed by atoms with Gasteiger partial charge in [-0.25, -0.2) is 4.39 Å². The zero-order chi connectivity index (χ0) is 25.7. The van der Waals surface area contributed by atoms with Gasteiger partial charge in [-0.2, -0.15) is 0 Å². The molecule has 3 aromatic rings. The molecule has 192 valence electrons. The number of amides is 1. The first kappa shape index (κ1) is 25.8. The molecule has 1 aliphatic rings. The molecule has 0 spiro atoms. The van der Waals surface area contributed by atoms with Gasteiger partial charge < -0.3 is 18.8 Å². The van der Waals surface area contributed by atoms with Crippen molar-refractivity contribution >= 4 is 5.91 Å². The standard InChI is InChI=1S/C29H35FN2O4/c1-20-24(13-16-36-20)29(33)31(2)26(18-23-7-5-6-8-25(23)30)22-11-14-32(15-12-22)19-21-9-10-27(34-3)28(17-21)35-4/h5-10,13,16-17,22,26H,11-12,14-15,18-19H2,1-4H3/t26-/m0/s1. The predicted octanol–water partition coefficient (Wildman–Crippen LogP) is 5.34. The number of aryl methyl sites for hydroxylation is 1. The maximum atomic E-state index is 14.6. The van der Waals surface area contributed by atoms with Gasteiger partial charge in [0.05, 0.1) is 26.0 Å². The second-order valence-electron chi connectivity index (χ2n) is 9.47. The Bertz CT molecular complexity index is 1170. The Labute approximate surface area is 212 Å². The van der Waals surface area contributed by atoms with Crippen molar-refractivity contribution in [1.82, 2.24) is 9.80 Å². The van der Waals surface area contributed by atoms with Crippen molar-refractivity contribution in [3.63, 3.8) is 0 Å². The van der Waals surface area contributed by atoms with E-state index < -0.39 is 0 Å². The highest BCUT2D eigenvalue weighted by molar-refractivity contribution is 5.95. The van der Waals surface area contributed by atoms with E-state index >= 15 is 0 Å². The third kappa shape index (κ3) is 5.73. The first-order chi connectivity index (χ1) is 17.4. The fourth-order valence-electron chi connectivity index (χ4n) is 5.19. The molecule has 0 aliphatic carbocycles. The summed E-state index contributed by atoms with van der Waals surface area (Å²) < 4.78 is 30.8. The average Bonchev–Trinajstić information content (AvgIpc) is 3.33. The summed E-state index contributed by atoms with van der Waals surface area (Å²) >= 11 is 0. The number of likely N-dealkylation sites (tertiary alicyclic amines) is 1. The van der Waals surface area contributed by atoms with Gasteiger partial charge in [0.1, 0.15) is 11.6 Å². The molecule has 7 heteroatoms. The third-order valence-corrected chi connectivity index (χ3v) is 7.32. The second kappa shape index (κ2) is 11.6. The number of hydrogen-bond acceptors (Lipinski definition) is 5. The van der Waals surface area contributed by atoms with Gasteiger partial charge in [0.2, 0.25) is 0 Å². The van der Waals surface area contributed by atoms with Crippen LogP contribution in [0.25, 0.3) is 0 Å². The second-order valence-corrected chi connectivity index (χ2v) is 9.47. The van der Waals surface area contributed by atoms with Crippen LogP contribution in [0.3, 0.4) is 0 Å². The summed E-state index contributed by atoms with van der Waals surface area (Å²) in [6.45, 7) is 4.41. The molecule has 1 atom stereocenters. The summed E-state index contributed by atoms with van der Waals surface area (Å²) in [6.07, 6.45) is 3.86. The van der Waals surface area contributed by atoms with Crippen LogP contribution in [0.15, 0.2) is 59.2 Å². The number of benzene rings is 2. The predicted molar refractivity (Wildman–Crippen MR) is 137 cm³/mol. The molecule has 4 rings (SSSR count). The normalized spacial score (nSPS) is 15.5. The molecule has 0 radical (unpaired) electrons. The molecular formula is C29H35FN2O4. The summed E-state index contributed by atoms with van der Waals surface area (Å²) in [5.41, 5.74) is 2.36. The number of rotatable bonds is 9. The summed E-state index contributed by atoms with van der Waals surface area (Å²) in [5.74, 6) is 1.98. The van der Waals surface area contributed by atoms with Gasteiger partial charge in [-0.15, -0.1) is 0 Å². The van der Waals surface area contributed by atoms with Crippen LogP contribution in [0, 0.1) is 18.7 Å². The van der Waals surface area contributed by atoms with Crippen LogP contribution in [-0.2, 0) is 13.0 Å². The number of carbonyl (C=O) groups excluding carboxylic acids is 1. The average molecular weight is 495 g/mol. The lowest BCUT2D eigenvalue weighted by molar-refractivity contribution is 0.0581. The largest absolute Gasteiger partial charge is 0.493 e. The van der Waals surface area contributed by atoms with Crippen LogP contribution in [0.5, 0.6) is 11.5 Å². The fraction of sp³-hybridized carbons (Fsp3) is 0.414. The minimum atomic E-state index is -0.228. The fourth-order valence-corrected chi connectivity index (χ4v) is 5.19. The zero-order valence-corrected chi connectivity index (χ0v) is 21.5. The highest BCUT2D eigenvalue weighted by Gasteiger charge is 2.33. The van der Waals surface area contributed by atoms with Crippen molar-refractivity contribution in [2.45, 2.75) is 38.8 Å². The lowest BCUT2D eigenvalue weighted by Gasteiger charge is -2.40. The number of ether oxygens (including phenoxy) is 2. The molecule has 0 saturated carbocycles. The SMILES string of the molecule is COc1ccc(CN2CCC([C@H](Cc3ccccc3F)N(C)C(=O)c3ccoc3C)CC2)cc1OC. The molecule has 2 heterocycles. The highest BCUT2D eigenvalue weighted by atomic mass is 19.1.